The zero-order chi connectivity index (χ0) is 10.7. The van der Waals surface area contributed by atoms with Crippen molar-refractivity contribution >= 4 is 11.6 Å². The summed E-state index contributed by atoms with van der Waals surface area (Å²) in [4.78, 5) is 2.64. The molecule has 15 heavy (non-hydrogen) atoms. The second kappa shape index (κ2) is 5.54. The third-order valence-corrected chi connectivity index (χ3v) is 4.51. The minimum atomic E-state index is 0.450. The van der Waals surface area contributed by atoms with Crippen molar-refractivity contribution in [2.24, 2.45) is 11.8 Å². The van der Waals surface area contributed by atoms with E-state index in [-0.39, 0.29) is 0 Å². The van der Waals surface area contributed by atoms with Gasteiger partial charge >= 0.3 is 0 Å². The number of hydrogen-bond donors (Lipinski definition) is 0. The Morgan fingerprint density at radius 3 is 2.53 bits per heavy atom. The van der Waals surface area contributed by atoms with Gasteiger partial charge in [0, 0.05) is 11.9 Å². The van der Waals surface area contributed by atoms with Crippen LogP contribution in [0.5, 0.6) is 0 Å². The third kappa shape index (κ3) is 3.64. The van der Waals surface area contributed by atoms with Crippen LogP contribution in [0.15, 0.2) is 0 Å². The lowest BCUT2D eigenvalue weighted by atomic mass is 9.82. The van der Waals surface area contributed by atoms with Crippen LogP contribution in [-0.2, 0) is 0 Å². The fourth-order valence-corrected chi connectivity index (χ4v) is 3.37. The van der Waals surface area contributed by atoms with Crippen LogP contribution < -0.4 is 0 Å². The number of likely N-dealkylation sites (tertiary alicyclic amines) is 1. The predicted octanol–water partition coefficient (Wildman–Crippen LogP) is 3.52. The summed E-state index contributed by atoms with van der Waals surface area (Å²) in [5.41, 5.74) is 0. The summed E-state index contributed by atoms with van der Waals surface area (Å²) in [5.74, 6) is 1.94. The molecule has 1 heterocycles. The van der Waals surface area contributed by atoms with Gasteiger partial charge in [-0.05, 0) is 50.6 Å². The maximum Gasteiger partial charge on any atom is 0.0360 e. The molecule has 2 fully saturated rings. The zero-order valence-electron chi connectivity index (χ0n) is 9.92. The molecular weight excluding hydrogens is 206 g/mol. The Hall–Kier alpha value is 0.250. The Balaban J connectivity index is 1.71. The van der Waals surface area contributed by atoms with E-state index in [2.05, 4.69) is 11.8 Å². The van der Waals surface area contributed by atoms with Gasteiger partial charge in [-0.25, -0.2) is 0 Å². The van der Waals surface area contributed by atoms with Crippen molar-refractivity contribution < 1.29 is 0 Å². The molecule has 1 saturated carbocycles. The monoisotopic (exact) mass is 229 g/mol. The number of rotatable bonds is 2. The van der Waals surface area contributed by atoms with E-state index in [1.807, 2.05) is 0 Å². The topological polar surface area (TPSA) is 3.24 Å². The molecule has 2 aliphatic rings. The first-order valence-electron chi connectivity index (χ1n) is 6.60. The molecule has 2 rings (SSSR count). The average molecular weight is 230 g/mol. The Bertz CT molecular complexity index is 187. The molecule has 0 aromatic carbocycles. The van der Waals surface area contributed by atoms with Crippen LogP contribution in [0.25, 0.3) is 0 Å². The number of hydrogen-bond acceptors (Lipinski definition) is 1. The highest BCUT2D eigenvalue weighted by atomic mass is 35.5. The van der Waals surface area contributed by atoms with Crippen molar-refractivity contribution in [2.45, 2.75) is 50.8 Å². The summed E-state index contributed by atoms with van der Waals surface area (Å²) in [6.07, 6.45) is 8.23. The van der Waals surface area contributed by atoms with Gasteiger partial charge in [-0.15, -0.1) is 11.6 Å². The second-order valence-electron chi connectivity index (χ2n) is 5.61. The first kappa shape index (κ1) is 11.7. The molecule has 0 radical (unpaired) electrons. The summed E-state index contributed by atoms with van der Waals surface area (Å²) in [5, 5.41) is 0.450. The van der Waals surface area contributed by atoms with Gasteiger partial charge in [-0.3, -0.25) is 0 Å². The SMILES string of the molecule is CC1CCCC(CN2CCC(Cl)CC2)C1. The van der Waals surface area contributed by atoms with Crippen molar-refractivity contribution in [3.63, 3.8) is 0 Å². The van der Waals surface area contributed by atoms with Gasteiger partial charge in [-0.1, -0.05) is 19.8 Å². The Labute approximate surface area is 99.2 Å². The maximum atomic E-state index is 6.12. The normalized spacial score (nSPS) is 35.6. The molecule has 1 aliphatic heterocycles. The molecular formula is C13H24ClN. The molecule has 2 heteroatoms. The molecule has 0 bridgehead atoms. The van der Waals surface area contributed by atoms with Crippen molar-refractivity contribution in [3.8, 4) is 0 Å². The first-order valence-corrected chi connectivity index (χ1v) is 7.04. The highest BCUT2D eigenvalue weighted by Gasteiger charge is 2.23. The molecule has 1 saturated heterocycles. The summed E-state index contributed by atoms with van der Waals surface area (Å²) < 4.78 is 0. The molecule has 2 atom stereocenters. The van der Waals surface area contributed by atoms with E-state index in [1.165, 1.54) is 58.2 Å². The van der Waals surface area contributed by atoms with E-state index < -0.39 is 0 Å². The summed E-state index contributed by atoms with van der Waals surface area (Å²) >= 11 is 6.12. The summed E-state index contributed by atoms with van der Waals surface area (Å²) in [6, 6.07) is 0. The van der Waals surface area contributed by atoms with E-state index in [4.69, 9.17) is 11.6 Å². The van der Waals surface area contributed by atoms with Gasteiger partial charge in [0.15, 0.2) is 0 Å². The van der Waals surface area contributed by atoms with Crippen LogP contribution in [0, 0.1) is 11.8 Å². The van der Waals surface area contributed by atoms with Crippen LogP contribution >= 0.6 is 11.6 Å². The van der Waals surface area contributed by atoms with Gasteiger partial charge in [0.05, 0.1) is 0 Å². The van der Waals surface area contributed by atoms with E-state index in [1.54, 1.807) is 0 Å². The van der Waals surface area contributed by atoms with Crippen molar-refractivity contribution in [1.29, 1.82) is 0 Å². The minimum Gasteiger partial charge on any atom is -0.303 e. The molecule has 0 spiro atoms. The van der Waals surface area contributed by atoms with Crippen LogP contribution in [0.1, 0.15) is 45.4 Å². The molecule has 0 N–H and O–H groups in total. The quantitative estimate of drug-likeness (QED) is 0.655. The first-order chi connectivity index (χ1) is 7.24. The van der Waals surface area contributed by atoms with E-state index in [9.17, 15) is 0 Å². The standard InChI is InChI=1S/C13H24ClN/c1-11-3-2-4-12(9-11)10-15-7-5-13(14)6-8-15/h11-13H,2-10H2,1H3. The van der Waals surface area contributed by atoms with Crippen LogP contribution in [0.4, 0.5) is 0 Å². The van der Waals surface area contributed by atoms with Gasteiger partial charge in [-0.2, -0.15) is 0 Å². The maximum absolute atomic E-state index is 6.12. The van der Waals surface area contributed by atoms with Gasteiger partial charge in [0.25, 0.3) is 0 Å². The molecule has 0 aromatic rings. The number of nitrogens with zero attached hydrogens (tertiary/aromatic N) is 1. The number of alkyl halides is 1. The van der Waals surface area contributed by atoms with E-state index in [0.29, 0.717) is 5.38 Å². The van der Waals surface area contributed by atoms with Crippen LogP contribution in [0.3, 0.4) is 0 Å². The minimum absolute atomic E-state index is 0.450. The Kier molecular flexibility index (Phi) is 4.33. The zero-order valence-corrected chi connectivity index (χ0v) is 10.7. The largest absolute Gasteiger partial charge is 0.303 e. The van der Waals surface area contributed by atoms with Crippen molar-refractivity contribution in [2.75, 3.05) is 19.6 Å². The molecule has 1 nitrogen and oxygen atoms in total. The molecule has 0 aromatic heterocycles. The molecule has 88 valence electrons. The van der Waals surface area contributed by atoms with E-state index >= 15 is 0 Å². The number of piperidine rings is 1. The fourth-order valence-electron chi connectivity index (χ4n) is 3.17. The fraction of sp³-hybridized carbons (Fsp3) is 1.00. The molecule has 1 aliphatic carbocycles. The highest BCUT2D eigenvalue weighted by molar-refractivity contribution is 6.20. The predicted molar refractivity (Wildman–Crippen MR) is 66.4 cm³/mol. The molecule has 0 amide bonds. The van der Waals surface area contributed by atoms with Gasteiger partial charge in [0.1, 0.15) is 0 Å². The van der Waals surface area contributed by atoms with Gasteiger partial charge < -0.3 is 4.90 Å². The van der Waals surface area contributed by atoms with Crippen LogP contribution in [0.2, 0.25) is 0 Å². The lowest BCUT2D eigenvalue weighted by molar-refractivity contribution is 0.159. The lowest BCUT2D eigenvalue weighted by Gasteiger charge is -2.35. The summed E-state index contributed by atoms with van der Waals surface area (Å²) in [6.45, 7) is 6.23. The molecule has 2 unspecified atom stereocenters. The lowest BCUT2D eigenvalue weighted by Crippen LogP contribution is -2.38. The Morgan fingerprint density at radius 2 is 1.87 bits per heavy atom. The Morgan fingerprint density at radius 1 is 1.13 bits per heavy atom. The van der Waals surface area contributed by atoms with Crippen molar-refractivity contribution in [1.82, 2.24) is 4.90 Å². The van der Waals surface area contributed by atoms with Crippen molar-refractivity contribution in [3.05, 3.63) is 0 Å². The second-order valence-corrected chi connectivity index (χ2v) is 6.23. The van der Waals surface area contributed by atoms with E-state index in [0.717, 1.165) is 11.8 Å². The summed E-state index contributed by atoms with van der Waals surface area (Å²) in [7, 11) is 0. The average Bonchev–Trinajstić information content (AvgIpc) is 2.22. The smallest absolute Gasteiger partial charge is 0.0360 e. The highest BCUT2D eigenvalue weighted by Crippen LogP contribution is 2.29. The van der Waals surface area contributed by atoms with Gasteiger partial charge in [0.2, 0.25) is 0 Å². The third-order valence-electron chi connectivity index (χ3n) is 4.08. The number of halogens is 1. The van der Waals surface area contributed by atoms with Crippen LogP contribution in [-0.4, -0.2) is 29.9 Å².